The molecule has 4 heterocycles. The molecule has 3 aliphatic rings. The van der Waals surface area contributed by atoms with E-state index in [1.807, 2.05) is 23.8 Å². The summed E-state index contributed by atoms with van der Waals surface area (Å²) in [6.07, 6.45) is 8.11. The first-order valence-corrected chi connectivity index (χ1v) is 17.8. The van der Waals surface area contributed by atoms with Crippen molar-refractivity contribution in [2.24, 2.45) is 5.92 Å². The fourth-order valence-electron chi connectivity index (χ4n) is 6.63. The number of fused-ring (bicyclic) bond motifs is 2. The van der Waals surface area contributed by atoms with Crippen LogP contribution in [0.4, 0.5) is 11.5 Å². The van der Waals surface area contributed by atoms with Crippen LogP contribution in [0.5, 0.6) is 6.01 Å². The Hall–Kier alpha value is -3.54. The zero-order valence-electron chi connectivity index (χ0n) is 26.0. The van der Waals surface area contributed by atoms with Gasteiger partial charge in [-0.3, -0.25) is 4.79 Å². The average molecular weight is 652 g/mol. The third-order valence-electron chi connectivity index (χ3n) is 9.03. The fraction of sp³-hybridized carbons (Fsp3) is 0.455. The van der Waals surface area contributed by atoms with Crippen LogP contribution in [0.2, 0.25) is 5.02 Å². The molecule has 2 saturated heterocycles. The second kappa shape index (κ2) is 13.1. The lowest BCUT2D eigenvalue weighted by Crippen LogP contribution is -2.33. The molecule has 1 aromatic heterocycles. The first kappa shape index (κ1) is 31.4. The number of hydrogen-bond donors (Lipinski definition) is 0. The molecule has 2 aromatic carbocycles. The first-order valence-electron chi connectivity index (χ1n) is 15.5. The molecule has 1 amide bonds. The van der Waals surface area contributed by atoms with Gasteiger partial charge in [-0.05, 0) is 50.4 Å². The van der Waals surface area contributed by atoms with E-state index in [0.29, 0.717) is 38.3 Å². The van der Waals surface area contributed by atoms with E-state index in [2.05, 4.69) is 47.3 Å². The number of anilines is 1. The van der Waals surface area contributed by atoms with Crippen molar-refractivity contribution < 1.29 is 22.5 Å². The highest BCUT2D eigenvalue weighted by atomic mass is 35.5. The predicted octanol–water partition coefficient (Wildman–Crippen LogP) is 4.07. The molecule has 0 N–H and O–H groups in total. The molecule has 0 spiro atoms. The minimum Gasteiger partial charge on any atom is -0.443 e. The summed E-state index contributed by atoms with van der Waals surface area (Å²) >= 11 is 6.70. The van der Waals surface area contributed by atoms with Gasteiger partial charge in [0, 0.05) is 71.8 Å². The standard InChI is InChI=1S/C33H40ClN6O4S/c1-37-15-6-9-25(37)22-44-33-35-28-21-39(29-11-5-8-24-7-4-10-27(34)31(24)29)17-13-26(28)32(36-33)38(2)19-23-12-16-40(20-23)30(41)14-18-45(3,42)43/h4-5,7-8,10-11,14,18-19,23,25H,6,9,12-13,15-17,20-22H2,1-3H3/q+1/b18-14+,38-19+/t23?,25-/m0/s1. The molecular weight excluding hydrogens is 612 g/mol. The van der Waals surface area contributed by atoms with Crippen LogP contribution >= 0.6 is 11.6 Å². The van der Waals surface area contributed by atoms with Crippen LogP contribution in [-0.2, 0) is 27.6 Å². The number of rotatable bonds is 8. The molecule has 2 fully saturated rings. The number of benzene rings is 2. The smallest absolute Gasteiger partial charge is 0.434 e. The summed E-state index contributed by atoms with van der Waals surface area (Å²) in [6, 6.07) is 13.0. The number of aromatic nitrogens is 2. The molecular formula is C33H40ClN6O4S+. The topological polar surface area (TPSA) is 98.9 Å². The summed E-state index contributed by atoms with van der Waals surface area (Å²) in [5.74, 6) is 0.623. The van der Waals surface area contributed by atoms with Crippen molar-refractivity contribution in [3.63, 3.8) is 0 Å². The number of halogens is 1. The summed E-state index contributed by atoms with van der Waals surface area (Å²) < 4.78 is 31.3. The van der Waals surface area contributed by atoms with E-state index in [0.717, 1.165) is 95.1 Å². The van der Waals surface area contributed by atoms with Gasteiger partial charge >= 0.3 is 11.8 Å². The highest BCUT2D eigenvalue weighted by Gasteiger charge is 2.32. The third-order valence-corrected chi connectivity index (χ3v) is 9.98. The van der Waals surface area contributed by atoms with Gasteiger partial charge < -0.3 is 19.4 Å². The van der Waals surface area contributed by atoms with E-state index in [-0.39, 0.29) is 11.8 Å². The van der Waals surface area contributed by atoms with E-state index in [1.165, 1.54) is 0 Å². The predicted molar refractivity (Wildman–Crippen MR) is 177 cm³/mol. The zero-order valence-corrected chi connectivity index (χ0v) is 27.6. The van der Waals surface area contributed by atoms with Crippen molar-refractivity contribution in [3.8, 4) is 6.01 Å². The normalized spacial score (nSPS) is 21.2. The Kier molecular flexibility index (Phi) is 9.12. The van der Waals surface area contributed by atoms with Gasteiger partial charge in [-0.1, -0.05) is 35.9 Å². The number of sulfone groups is 1. The maximum absolute atomic E-state index is 12.6. The van der Waals surface area contributed by atoms with Crippen LogP contribution in [0.3, 0.4) is 0 Å². The molecule has 10 nitrogen and oxygen atoms in total. The molecule has 6 rings (SSSR count). The van der Waals surface area contributed by atoms with E-state index in [1.54, 1.807) is 4.90 Å². The number of carbonyl (C=O) groups excluding carboxylic acids is 1. The highest BCUT2D eigenvalue weighted by Crippen LogP contribution is 2.36. The molecule has 3 aliphatic heterocycles. The Bertz CT molecular complexity index is 1770. The summed E-state index contributed by atoms with van der Waals surface area (Å²) in [7, 11) is 0.754. The quantitative estimate of drug-likeness (QED) is 0.204. The number of amides is 1. The SMILES string of the molecule is CN1CCC[C@H]1COc1nc2c(c(/[N+](C)=C/C3CCN(C(=O)/C=C/S(C)(=O)=O)C3)n1)CCN(c1cccc3cccc(Cl)c13)C2. The van der Waals surface area contributed by atoms with Crippen LogP contribution in [0.1, 0.15) is 30.5 Å². The van der Waals surface area contributed by atoms with Crippen molar-refractivity contribution in [1.29, 1.82) is 0 Å². The number of carbonyl (C=O) groups is 1. The lowest BCUT2D eigenvalue weighted by molar-refractivity contribution is -0.407. The van der Waals surface area contributed by atoms with Crippen LogP contribution < -0.4 is 9.64 Å². The number of likely N-dealkylation sites (tertiary alicyclic amines) is 2. The Morgan fingerprint density at radius 1 is 1.13 bits per heavy atom. The Labute approximate surface area is 269 Å². The lowest BCUT2D eigenvalue weighted by atomic mass is 10.0. The van der Waals surface area contributed by atoms with Crippen LogP contribution in [0, 0.1) is 5.92 Å². The summed E-state index contributed by atoms with van der Waals surface area (Å²) in [6.45, 7) is 4.06. The van der Waals surface area contributed by atoms with Gasteiger partial charge in [0.1, 0.15) is 6.61 Å². The molecule has 2 atom stereocenters. The lowest BCUT2D eigenvalue weighted by Gasteiger charge is -2.31. The first-order chi connectivity index (χ1) is 21.6. The Morgan fingerprint density at radius 3 is 2.69 bits per heavy atom. The molecule has 0 saturated carbocycles. The number of likely N-dealkylation sites (N-methyl/N-ethyl adjacent to an activating group) is 1. The van der Waals surface area contributed by atoms with Crippen LogP contribution in [0.15, 0.2) is 47.9 Å². The molecule has 45 heavy (non-hydrogen) atoms. The van der Waals surface area contributed by atoms with Gasteiger partial charge in [0.2, 0.25) is 5.91 Å². The zero-order chi connectivity index (χ0) is 31.7. The second-order valence-electron chi connectivity index (χ2n) is 12.4. The van der Waals surface area contributed by atoms with Gasteiger partial charge in [0.25, 0.3) is 0 Å². The summed E-state index contributed by atoms with van der Waals surface area (Å²) in [5.41, 5.74) is 3.10. The Balaban J connectivity index is 1.28. The van der Waals surface area contributed by atoms with Gasteiger partial charge in [-0.15, -0.1) is 0 Å². The molecule has 0 radical (unpaired) electrons. The maximum Gasteiger partial charge on any atom is 0.434 e. The molecule has 238 valence electrons. The fourth-order valence-corrected chi connectivity index (χ4v) is 7.28. The number of nitrogens with zero attached hydrogens (tertiary/aromatic N) is 6. The Morgan fingerprint density at radius 2 is 1.93 bits per heavy atom. The molecule has 1 unspecified atom stereocenters. The average Bonchev–Trinajstić information content (AvgIpc) is 3.66. The molecule has 0 aliphatic carbocycles. The number of hydrogen-bond acceptors (Lipinski definition) is 8. The van der Waals surface area contributed by atoms with E-state index in [4.69, 9.17) is 26.3 Å². The monoisotopic (exact) mass is 651 g/mol. The molecule has 12 heteroatoms. The van der Waals surface area contributed by atoms with Crippen molar-refractivity contribution in [1.82, 2.24) is 19.8 Å². The largest absolute Gasteiger partial charge is 0.443 e. The van der Waals surface area contributed by atoms with Crippen LogP contribution in [-0.4, -0.2) is 104 Å². The maximum atomic E-state index is 12.6. The third kappa shape index (κ3) is 7.15. The van der Waals surface area contributed by atoms with Crippen molar-refractivity contribution in [2.75, 3.05) is 58.0 Å². The van der Waals surface area contributed by atoms with Gasteiger partial charge in [0.15, 0.2) is 9.84 Å². The molecule has 3 aromatic rings. The van der Waals surface area contributed by atoms with Gasteiger partial charge in [0.05, 0.1) is 36.1 Å². The highest BCUT2D eigenvalue weighted by molar-refractivity contribution is 7.93. The minimum atomic E-state index is -3.36. The van der Waals surface area contributed by atoms with Gasteiger partial charge in [-0.25, -0.2) is 13.0 Å². The summed E-state index contributed by atoms with van der Waals surface area (Å²) in [4.78, 5) is 28.8. The molecule has 0 bridgehead atoms. The van der Waals surface area contributed by atoms with Crippen LogP contribution in [0.25, 0.3) is 10.8 Å². The van der Waals surface area contributed by atoms with E-state index < -0.39 is 9.84 Å². The van der Waals surface area contributed by atoms with Crippen molar-refractivity contribution in [3.05, 3.63) is 64.2 Å². The summed E-state index contributed by atoms with van der Waals surface area (Å²) in [5, 5.41) is 3.83. The second-order valence-corrected chi connectivity index (χ2v) is 14.7. The minimum absolute atomic E-state index is 0.102. The van der Waals surface area contributed by atoms with Crippen molar-refractivity contribution in [2.45, 2.75) is 38.3 Å². The number of ether oxygens (including phenoxy) is 1. The van der Waals surface area contributed by atoms with E-state index in [9.17, 15) is 13.2 Å². The van der Waals surface area contributed by atoms with Gasteiger partial charge in [-0.2, -0.15) is 4.98 Å². The van der Waals surface area contributed by atoms with Crippen molar-refractivity contribution >= 4 is 55.8 Å². The van der Waals surface area contributed by atoms with E-state index >= 15 is 0 Å².